The quantitative estimate of drug-likeness (QED) is 0.0838. The molecular weight excluding hydrogens is 390 g/mol. The molecule has 0 radical (unpaired) electrons. The van der Waals surface area contributed by atoms with Crippen molar-refractivity contribution in [2.75, 3.05) is 66.0 Å². The van der Waals surface area contributed by atoms with Crippen molar-refractivity contribution in [3.05, 3.63) is 10.4 Å². The number of carbonyl (C=O) groups excluding carboxylic acids is 3. The molecule has 0 saturated carbocycles. The maximum atomic E-state index is 10.8. The van der Waals surface area contributed by atoms with Crippen molar-refractivity contribution in [1.29, 1.82) is 0 Å². The Labute approximate surface area is 169 Å². The lowest BCUT2D eigenvalue weighted by atomic mass is 9.91. The van der Waals surface area contributed by atoms with Gasteiger partial charge in [-0.25, -0.2) is 0 Å². The highest BCUT2D eigenvalue weighted by atomic mass is 16.6. The lowest BCUT2D eigenvalue weighted by Crippen LogP contribution is -2.41. The van der Waals surface area contributed by atoms with Crippen LogP contribution in [-0.4, -0.2) is 83.9 Å². The minimum absolute atomic E-state index is 0.0121. The van der Waals surface area contributed by atoms with Gasteiger partial charge in [0, 0.05) is 37.6 Å². The summed E-state index contributed by atoms with van der Waals surface area (Å²) in [7, 11) is 0. The van der Waals surface area contributed by atoms with Crippen LogP contribution in [0.4, 0.5) is 0 Å². The van der Waals surface area contributed by atoms with Gasteiger partial charge in [0.05, 0.1) is 39.6 Å². The van der Waals surface area contributed by atoms with E-state index in [1.54, 1.807) is 0 Å². The Morgan fingerprint density at radius 2 is 1.07 bits per heavy atom. The Morgan fingerprint density at radius 3 is 1.34 bits per heavy atom. The van der Waals surface area contributed by atoms with Crippen molar-refractivity contribution in [2.45, 2.75) is 20.8 Å². The predicted octanol–water partition coefficient (Wildman–Crippen LogP) is 1.02. The molecule has 0 rings (SSSR count). The van der Waals surface area contributed by atoms with Gasteiger partial charge in [0.1, 0.15) is 19.8 Å². The lowest BCUT2D eigenvalue weighted by molar-refractivity contribution is -0.144. The average molecular weight is 419 g/mol. The molecule has 0 unspecified atom stereocenters. The SMILES string of the molecule is CC(=O)OCCOCC(CN=[N+]=[N-])(COCCOC(C)=O)COCCOC(C)=O. The van der Waals surface area contributed by atoms with Crippen LogP contribution >= 0.6 is 0 Å². The topological polar surface area (TPSA) is 155 Å². The molecule has 0 N–H and O–H groups in total. The van der Waals surface area contributed by atoms with Gasteiger partial charge in [-0.05, 0) is 5.53 Å². The Kier molecular flexibility index (Phi) is 15.2. The number of hydrogen-bond donors (Lipinski definition) is 0. The summed E-state index contributed by atoms with van der Waals surface area (Å²) < 4.78 is 31.0. The van der Waals surface area contributed by atoms with E-state index in [-0.39, 0.29) is 66.0 Å². The van der Waals surface area contributed by atoms with Gasteiger partial charge in [0.15, 0.2) is 0 Å². The number of nitrogens with zero attached hydrogens (tertiary/aromatic N) is 3. The molecule has 0 spiro atoms. The molecule has 12 nitrogen and oxygen atoms in total. The van der Waals surface area contributed by atoms with Crippen LogP contribution in [0.5, 0.6) is 0 Å². The van der Waals surface area contributed by atoms with E-state index in [1.807, 2.05) is 0 Å². The maximum absolute atomic E-state index is 10.8. The van der Waals surface area contributed by atoms with Crippen molar-refractivity contribution in [2.24, 2.45) is 10.5 Å². The zero-order valence-electron chi connectivity index (χ0n) is 17.1. The Morgan fingerprint density at radius 1 is 0.724 bits per heavy atom. The second kappa shape index (κ2) is 16.5. The van der Waals surface area contributed by atoms with Crippen LogP contribution in [0.15, 0.2) is 5.11 Å². The van der Waals surface area contributed by atoms with Crippen molar-refractivity contribution in [3.8, 4) is 0 Å². The molecular formula is C17H29N3O9. The first-order valence-electron chi connectivity index (χ1n) is 8.95. The Hall–Kier alpha value is -2.40. The van der Waals surface area contributed by atoms with E-state index in [9.17, 15) is 14.4 Å². The van der Waals surface area contributed by atoms with E-state index in [0.29, 0.717) is 0 Å². The first-order chi connectivity index (χ1) is 13.8. The highest BCUT2D eigenvalue weighted by Crippen LogP contribution is 2.21. The number of ether oxygens (including phenoxy) is 6. The zero-order valence-corrected chi connectivity index (χ0v) is 17.1. The van der Waals surface area contributed by atoms with E-state index < -0.39 is 23.3 Å². The van der Waals surface area contributed by atoms with Gasteiger partial charge < -0.3 is 28.4 Å². The van der Waals surface area contributed by atoms with Gasteiger partial charge in [0.2, 0.25) is 0 Å². The molecule has 29 heavy (non-hydrogen) atoms. The average Bonchev–Trinajstić information content (AvgIpc) is 2.64. The first-order valence-corrected chi connectivity index (χ1v) is 8.95. The molecule has 0 amide bonds. The van der Waals surface area contributed by atoms with Crippen LogP contribution < -0.4 is 0 Å². The summed E-state index contributed by atoms with van der Waals surface area (Å²) in [6.07, 6.45) is 0. The van der Waals surface area contributed by atoms with E-state index in [1.165, 1.54) is 20.8 Å². The monoisotopic (exact) mass is 419 g/mol. The van der Waals surface area contributed by atoms with Crippen LogP contribution in [0.2, 0.25) is 0 Å². The number of rotatable bonds is 17. The molecule has 0 atom stereocenters. The van der Waals surface area contributed by atoms with Crippen molar-refractivity contribution in [3.63, 3.8) is 0 Å². The predicted molar refractivity (Wildman–Crippen MR) is 98.8 cm³/mol. The molecule has 0 heterocycles. The Bertz CT molecular complexity index is 490. The van der Waals surface area contributed by atoms with Crippen LogP contribution in [0, 0.1) is 5.41 Å². The maximum Gasteiger partial charge on any atom is 0.302 e. The number of carbonyl (C=O) groups is 3. The van der Waals surface area contributed by atoms with Gasteiger partial charge in [-0.3, -0.25) is 14.4 Å². The minimum atomic E-state index is -0.838. The fraction of sp³-hybridized carbons (Fsp3) is 0.824. The summed E-state index contributed by atoms with van der Waals surface area (Å²) in [6.45, 7) is 4.80. The summed E-state index contributed by atoms with van der Waals surface area (Å²) in [4.78, 5) is 35.2. The fourth-order valence-corrected chi connectivity index (χ4v) is 2.04. The van der Waals surface area contributed by atoms with Crippen LogP contribution in [-0.2, 0) is 42.8 Å². The molecule has 12 heteroatoms. The summed E-state index contributed by atoms with van der Waals surface area (Å²) >= 11 is 0. The molecule has 0 bridgehead atoms. The lowest BCUT2D eigenvalue weighted by Gasteiger charge is -2.31. The van der Waals surface area contributed by atoms with Crippen molar-refractivity contribution >= 4 is 17.9 Å². The zero-order chi connectivity index (χ0) is 22.0. The Balaban J connectivity index is 4.76. The molecule has 0 saturated heterocycles. The fourth-order valence-electron chi connectivity index (χ4n) is 2.04. The molecule has 0 aromatic rings. The number of esters is 3. The summed E-state index contributed by atoms with van der Waals surface area (Å²) in [6, 6.07) is 0. The second-order valence-electron chi connectivity index (χ2n) is 6.07. The van der Waals surface area contributed by atoms with Gasteiger partial charge in [-0.1, -0.05) is 5.11 Å². The smallest absolute Gasteiger partial charge is 0.302 e. The minimum Gasteiger partial charge on any atom is -0.463 e. The van der Waals surface area contributed by atoms with Gasteiger partial charge in [0.25, 0.3) is 0 Å². The van der Waals surface area contributed by atoms with E-state index in [0.717, 1.165) is 0 Å². The van der Waals surface area contributed by atoms with E-state index in [4.69, 9.17) is 34.0 Å². The van der Waals surface area contributed by atoms with Crippen LogP contribution in [0.25, 0.3) is 10.4 Å². The van der Waals surface area contributed by atoms with E-state index >= 15 is 0 Å². The normalized spacial score (nSPS) is 10.7. The molecule has 166 valence electrons. The first kappa shape index (κ1) is 26.6. The summed E-state index contributed by atoms with van der Waals surface area (Å²) in [5, 5.41) is 3.61. The van der Waals surface area contributed by atoms with Gasteiger partial charge >= 0.3 is 17.9 Å². The molecule has 0 fully saturated rings. The molecule has 0 aromatic carbocycles. The molecule has 0 aliphatic heterocycles. The van der Waals surface area contributed by atoms with Crippen LogP contribution in [0.1, 0.15) is 20.8 Å². The van der Waals surface area contributed by atoms with Crippen LogP contribution in [0.3, 0.4) is 0 Å². The molecule has 0 aliphatic rings. The highest BCUT2D eigenvalue weighted by Gasteiger charge is 2.31. The third-order valence-electron chi connectivity index (χ3n) is 3.29. The molecule has 0 aliphatic carbocycles. The third kappa shape index (κ3) is 16.3. The number of azide groups is 1. The highest BCUT2D eigenvalue weighted by molar-refractivity contribution is 5.66. The summed E-state index contributed by atoms with van der Waals surface area (Å²) in [5.41, 5.74) is 7.87. The number of hydrogen-bond acceptors (Lipinski definition) is 10. The third-order valence-corrected chi connectivity index (χ3v) is 3.29. The van der Waals surface area contributed by atoms with Crippen molar-refractivity contribution < 1.29 is 42.8 Å². The largest absolute Gasteiger partial charge is 0.463 e. The van der Waals surface area contributed by atoms with E-state index in [2.05, 4.69) is 10.0 Å². The van der Waals surface area contributed by atoms with Crippen molar-refractivity contribution in [1.82, 2.24) is 0 Å². The second-order valence-corrected chi connectivity index (χ2v) is 6.07. The van der Waals surface area contributed by atoms with Gasteiger partial charge in [-0.15, -0.1) is 0 Å². The summed E-state index contributed by atoms with van der Waals surface area (Å²) in [5.74, 6) is -1.26. The molecule has 0 aromatic heterocycles. The standard InChI is InChI=1S/C17H29N3O9/c1-14(21)27-7-4-24-11-17(10-19-20-18,12-25-5-8-28-15(2)22)13-26-6-9-29-16(3)23/h4-13H2,1-3H3. The van der Waals surface area contributed by atoms with Gasteiger partial charge in [-0.2, -0.15) is 0 Å².